The number of benzene rings is 1. The first kappa shape index (κ1) is 21.5. The molecule has 3 aromatic rings. The summed E-state index contributed by atoms with van der Waals surface area (Å²) in [6.07, 6.45) is 0. The fourth-order valence-corrected chi connectivity index (χ4v) is 3.70. The lowest BCUT2D eigenvalue weighted by molar-refractivity contribution is 0.0743. The Kier molecular flexibility index (Phi) is 5.61. The number of carbonyl (C=O) groups excluding carboxylic acids is 1. The molecule has 1 aliphatic rings. The monoisotopic (exact) mass is 445 g/mol. The smallest absolute Gasteiger partial charge is 0.258 e. The molecule has 31 heavy (non-hydrogen) atoms. The van der Waals surface area contributed by atoms with Crippen LogP contribution >= 0.6 is 11.6 Å². The van der Waals surface area contributed by atoms with E-state index in [1.807, 2.05) is 39.8 Å². The summed E-state index contributed by atoms with van der Waals surface area (Å²) >= 11 is 6.30. The van der Waals surface area contributed by atoms with Gasteiger partial charge in [0.15, 0.2) is 5.65 Å². The van der Waals surface area contributed by atoms with Gasteiger partial charge in [0.2, 0.25) is 0 Å². The lowest BCUT2D eigenvalue weighted by Crippen LogP contribution is -2.31. The number of likely N-dealkylation sites (N-methyl/N-ethyl adjacent to an activating group) is 1. The molecule has 7 nitrogen and oxygen atoms in total. The topological polar surface area (TPSA) is 63.0 Å². The Morgan fingerprint density at radius 3 is 2.77 bits per heavy atom. The van der Waals surface area contributed by atoms with Crippen LogP contribution in [-0.2, 0) is 13.1 Å². The summed E-state index contributed by atoms with van der Waals surface area (Å²) in [6.45, 7) is 6.80. The first-order valence-corrected chi connectivity index (χ1v) is 10.5. The summed E-state index contributed by atoms with van der Waals surface area (Å²) in [4.78, 5) is 21.5. The van der Waals surface area contributed by atoms with Crippen LogP contribution in [-0.4, -0.2) is 57.0 Å². The number of ether oxygens (including phenoxy) is 1. The van der Waals surface area contributed by atoms with Crippen LogP contribution in [0.15, 0.2) is 18.2 Å². The SMILES string of the molecule is Cc1nc2c3c(nn2c(C)c1Cl)CN(C(=O)c1ccc(F)cc1OCC(C)N(C)C)C3. The Bertz CT molecular complexity index is 1180. The lowest BCUT2D eigenvalue weighted by atomic mass is 10.1. The van der Waals surface area contributed by atoms with E-state index in [-0.39, 0.29) is 17.7 Å². The molecule has 1 aromatic carbocycles. The van der Waals surface area contributed by atoms with Crippen molar-refractivity contribution in [2.45, 2.75) is 39.9 Å². The molecule has 1 unspecified atom stereocenters. The molecule has 9 heteroatoms. The van der Waals surface area contributed by atoms with Gasteiger partial charge in [0, 0.05) is 17.7 Å². The number of carbonyl (C=O) groups is 1. The van der Waals surface area contributed by atoms with Crippen molar-refractivity contribution >= 4 is 23.2 Å². The molecule has 0 bridgehead atoms. The average molecular weight is 446 g/mol. The zero-order chi connectivity index (χ0) is 22.4. The van der Waals surface area contributed by atoms with Gasteiger partial charge in [-0.3, -0.25) is 4.79 Å². The fraction of sp³-hybridized carbons (Fsp3) is 0.409. The van der Waals surface area contributed by atoms with Crippen LogP contribution in [0.3, 0.4) is 0 Å². The highest BCUT2D eigenvalue weighted by Crippen LogP contribution is 2.31. The Morgan fingerprint density at radius 1 is 1.32 bits per heavy atom. The van der Waals surface area contributed by atoms with Gasteiger partial charge in [-0.25, -0.2) is 13.9 Å². The summed E-state index contributed by atoms with van der Waals surface area (Å²) in [7, 11) is 3.88. The molecule has 4 rings (SSSR count). The number of nitrogens with zero attached hydrogens (tertiary/aromatic N) is 5. The number of aryl methyl sites for hydroxylation is 2. The zero-order valence-electron chi connectivity index (χ0n) is 18.2. The van der Waals surface area contributed by atoms with E-state index in [0.717, 1.165) is 22.6 Å². The maximum Gasteiger partial charge on any atom is 0.258 e. The second-order valence-corrected chi connectivity index (χ2v) is 8.56. The zero-order valence-corrected chi connectivity index (χ0v) is 19.0. The van der Waals surface area contributed by atoms with Gasteiger partial charge in [0.25, 0.3) is 5.91 Å². The van der Waals surface area contributed by atoms with Crippen LogP contribution in [0.25, 0.3) is 5.65 Å². The van der Waals surface area contributed by atoms with E-state index in [1.54, 1.807) is 9.42 Å². The van der Waals surface area contributed by atoms with E-state index in [1.165, 1.54) is 18.2 Å². The number of fused-ring (bicyclic) bond motifs is 3. The number of halogens is 2. The predicted octanol–water partition coefficient (Wildman–Crippen LogP) is 3.62. The van der Waals surface area contributed by atoms with E-state index < -0.39 is 5.82 Å². The minimum atomic E-state index is -0.446. The second kappa shape index (κ2) is 8.09. The van der Waals surface area contributed by atoms with Crippen molar-refractivity contribution in [2.75, 3.05) is 20.7 Å². The van der Waals surface area contributed by atoms with Gasteiger partial charge in [0.1, 0.15) is 18.2 Å². The molecule has 1 atom stereocenters. The van der Waals surface area contributed by atoms with Crippen molar-refractivity contribution < 1.29 is 13.9 Å². The van der Waals surface area contributed by atoms with Crippen molar-refractivity contribution in [3.05, 3.63) is 57.2 Å². The summed E-state index contributed by atoms with van der Waals surface area (Å²) in [6, 6.07) is 4.13. The lowest BCUT2D eigenvalue weighted by Gasteiger charge is -2.22. The van der Waals surface area contributed by atoms with Crippen LogP contribution in [0.2, 0.25) is 5.02 Å². The van der Waals surface area contributed by atoms with E-state index in [4.69, 9.17) is 16.3 Å². The van der Waals surface area contributed by atoms with Crippen molar-refractivity contribution in [3.63, 3.8) is 0 Å². The number of hydrogen-bond donors (Lipinski definition) is 0. The highest BCUT2D eigenvalue weighted by molar-refractivity contribution is 6.31. The van der Waals surface area contributed by atoms with Gasteiger partial charge in [-0.1, -0.05) is 11.6 Å². The molecule has 0 spiro atoms. The van der Waals surface area contributed by atoms with Crippen molar-refractivity contribution in [1.82, 2.24) is 24.4 Å². The summed E-state index contributed by atoms with van der Waals surface area (Å²) in [5.41, 5.74) is 4.28. The van der Waals surface area contributed by atoms with E-state index in [2.05, 4.69) is 10.1 Å². The summed E-state index contributed by atoms with van der Waals surface area (Å²) in [5, 5.41) is 5.20. The van der Waals surface area contributed by atoms with Gasteiger partial charge in [-0.05, 0) is 47.0 Å². The number of amides is 1. The molecule has 164 valence electrons. The number of rotatable bonds is 5. The van der Waals surface area contributed by atoms with E-state index in [0.29, 0.717) is 35.9 Å². The van der Waals surface area contributed by atoms with Crippen molar-refractivity contribution in [3.8, 4) is 5.75 Å². The molecule has 0 aliphatic carbocycles. The molecule has 0 radical (unpaired) electrons. The quantitative estimate of drug-likeness (QED) is 0.600. The fourth-order valence-electron chi connectivity index (χ4n) is 3.58. The number of aromatic nitrogens is 3. The Morgan fingerprint density at radius 2 is 2.06 bits per heavy atom. The molecule has 0 fully saturated rings. The van der Waals surface area contributed by atoms with E-state index >= 15 is 0 Å². The minimum absolute atomic E-state index is 0.111. The molecule has 3 heterocycles. The molecule has 0 saturated heterocycles. The molecule has 1 aliphatic heterocycles. The highest BCUT2D eigenvalue weighted by Gasteiger charge is 2.31. The average Bonchev–Trinajstić information content (AvgIpc) is 3.29. The Labute approximate surface area is 185 Å². The van der Waals surface area contributed by atoms with Crippen LogP contribution in [0, 0.1) is 19.7 Å². The Balaban J connectivity index is 1.60. The van der Waals surface area contributed by atoms with Crippen LogP contribution < -0.4 is 4.74 Å². The van der Waals surface area contributed by atoms with Gasteiger partial charge in [0.05, 0.1) is 40.8 Å². The van der Waals surface area contributed by atoms with Crippen LogP contribution in [0.4, 0.5) is 4.39 Å². The van der Waals surface area contributed by atoms with Crippen molar-refractivity contribution in [1.29, 1.82) is 0 Å². The molecule has 1 amide bonds. The summed E-state index contributed by atoms with van der Waals surface area (Å²) < 4.78 is 21.4. The standard InChI is InChI=1S/C22H25ClFN5O2/c1-12(27(4)5)11-31-19-8-15(24)6-7-16(19)22(30)28-9-17-18(10-28)26-29-14(3)20(23)13(2)25-21(17)29/h6-8,12H,9-11H2,1-5H3. The molecular weight excluding hydrogens is 421 g/mol. The molecule has 0 saturated carbocycles. The van der Waals surface area contributed by atoms with Gasteiger partial charge in [-0.2, -0.15) is 5.10 Å². The van der Waals surface area contributed by atoms with Gasteiger partial charge < -0.3 is 14.5 Å². The largest absolute Gasteiger partial charge is 0.491 e. The molecular formula is C22H25ClFN5O2. The third-order valence-corrected chi connectivity index (χ3v) is 6.33. The van der Waals surface area contributed by atoms with Gasteiger partial charge in [-0.15, -0.1) is 0 Å². The minimum Gasteiger partial charge on any atom is -0.491 e. The first-order chi connectivity index (χ1) is 14.7. The Hall–Kier alpha value is -2.71. The van der Waals surface area contributed by atoms with E-state index in [9.17, 15) is 9.18 Å². The normalized spacial score (nSPS) is 14.4. The van der Waals surface area contributed by atoms with Crippen LogP contribution in [0.1, 0.15) is 39.9 Å². The third kappa shape index (κ3) is 3.85. The predicted molar refractivity (Wildman–Crippen MR) is 116 cm³/mol. The first-order valence-electron chi connectivity index (χ1n) is 10.1. The summed E-state index contributed by atoms with van der Waals surface area (Å²) in [5.74, 6) is -0.432. The second-order valence-electron chi connectivity index (χ2n) is 8.18. The maximum atomic E-state index is 13.9. The van der Waals surface area contributed by atoms with Gasteiger partial charge >= 0.3 is 0 Å². The highest BCUT2D eigenvalue weighted by atomic mass is 35.5. The third-order valence-electron chi connectivity index (χ3n) is 5.78. The number of hydrogen-bond acceptors (Lipinski definition) is 5. The molecule has 2 aromatic heterocycles. The molecule has 0 N–H and O–H groups in total. The van der Waals surface area contributed by atoms with Crippen LogP contribution in [0.5, 0.6) is 5.75 Å². The maximum absolute atomic E-state index is 13.9. The van der Waals surface area contributed by atoms with Crippen molar-refractivity contribution in [2.24, 2.45) is 0 Å².